The molecule has 1 amide bonds. The van der Waals surface area contributed by atoms with Gasteiger partial charge in [0.2, 0.25) is 0 Å². The molecule has 3 aromatic carbocycles. The summed E-state index contributed by atoms with van der Waals surface area (Å²) < 4.78 is 48.9. The van der Waals surface area contributed by atoms with E-state index >= 15 is 0 Å². The van der Waals surface area contributed by atoms with Gasteiger partial charge in [0.15, 0.2) is 4.80 Å². The number of benzene rings is 3. The number of nitrogens with one attached hydrogen (secondary N) is 1. The molecule has 0 aliphatic carbocycles. The number of hydrogen-bond acceptors (Lipinski definition) is 5. The Balaban J connectivity index is 1.66. The first-order valence-corrected chi connectivity index (χ1v) is 12.6. The zero-order chi connectivity index (χ0) is 24.3. The van der Waals surface area contributed by atoms with Crippen LogP contribution in [0.25, 0.3) is 10.2 Å². The van der Waals surface area contributed by atoms with Crippen molar-refractivity contribution < 1.29 is 22.3 Å². The van der Waals surface area contributed by atoms with Crippen LogP contribution in [0, 0.1) is 12.7 Å². The number of anilines is 1. The molecule has 0 atom stereocenters. The van der Waals surface area contributed by atoms with Crippen molar-refractivity contribution in [2.24, 2.45) is 4.99 Å². The molecule has 1 N–H and O–H groups in total. The highest BCUT2D eigenvalue weighted by Gasteiger charge is 2.16. The van der Waals surface area contributed by atoms with Crippen molar-refractivity contribution >= 4 is 43.2 Å². The summed E-state index contributed by atoms with van der Waals surface area (Å²) in [6.45, 7) is 2.99. The second-order valence-electron chi connectivity index (χ2n) is 7.56. The van der Waals surface area contributed by atoms with Crippen LogP contribution in [-0.4, -0.2) is 32.6 Å². The molecule has 0 aliphatic rings. The minimum atomic E-state index is -3.94. The van der Waals surface area contributed by atoms with Crippen molar-refractivity contribution in [3.8, 4) is 0 Å². The number of carbonyl (C=O) groups excluding carboxylic acids is 1. The number of rotatable bonds is 7. The molecule has 0 saturated carbocycles. The largest absolute Gasteiger partial charge is 0.383 e. The van der Waals surface area contributed by atoms with Gasteiger partial charge in [-0.25, -0.2) is 12.8 Å². The van der Waals surface area contributed by atoms with E-state index in [-0.39, 0.29) is 16.1 Å². The highest BCUT2D eigenvalue weighted by molar-refractivity contribution is 7.92. The number of fused-ring (bicyclic) bond motifs is 1. The van der Waals surface area contributed by atoms with Gasteiger partial charge in [-0.05, 0) is 67.1 Å². The monoisotopic (exact) mass is 499 g/mol. The summed E-state index contributed by atoms with van der Waals surface area (Å²) in [7, 11) is -2.33. The first-order valence-electron chi connectivity index (χ1n) is 10.3. The summed E-state index contributed by atoms with van der Waals surface area (Å²) >= 11 is 1.40. The Bertz CT molecular complexity index is 1520. The summed E-state index contributed by atoms with van der Waals surface area (Å²) in [4.78, 5) is 17.7. The first kappa shape index (κ1) is 23.8. The number of aryl methyl sites for hydroxylation is 1. The summed E-state index contributed by atoms with van der Waals surface area (Å²) in [6.07, 6.45) is 0. The summed E-state index contributed by atoms with van der Waals surface area (Å²) in [6, 6.07) is 16.6. The summed E-state index contributed by atoms with van der Waals surface area (Å²) in [5, 5.41) is 0. The SMILES string of the molecule is COCCn1c(=NC(=O)c2cccc(NS(=O)(=O)c3ccc(F)cc3)c2)sc2cc(C)ccc21. The fraction of sp³-hybridized carbons (Fsp3) is 0.167. The number of thiazole rings is 1. The molecule has 4 rings (SSSR count). The molecule has 0 aliphatic heterocycles. The average molecular weight is 500 g/mol. The molecular weight excluding hydrogens is 477 g/mol. The Hall–Kier alpha value is -3.34. The van der Waals surface area contributed by atoms with Gasteiger partial charge in [0.25, 0.3) is 15.9 Å². The van der Waals surface area contributed by atoms with Crippen molar-refractivity contribution in [1.82, 2.24) is 4.57 Å². The number of halogens is 1. The van der Waals surface area contributed by atoms with E-state index in [1.165, 1.54) is 35.6 Å². The van der Waals surface area contributed by atoms with E-state index in [0.29, 0.717) is 18.0 Å². The third kappa shape index (κ3) is 5.24. The van der Waals surface area contributed by atoms with Gasteiger partial charge in [-0.15, -0.1) is 0 Å². The number of aromatic nitrogens is 1. The number of hydrogen-bond donors (Lipinski definition) is 1. The number of methoxy groups -OCH3 is 1. The highest BCUT2D eigenvalue weighted by Crippen LogP contribution is 2.20. The van der Waals surface area contributed by atoms with Gasteiger partial charge >= 0.3 is 0 Å². The van der Waals surface area contributed by atoms with Gasteiger partial charge in [0.1, 0.15) is 5.82 Å². The lowest BCUT2D eigenvalue weighted by molar-refractivity contribution is 0.0997. The smallest absolute Gasteiger partial charge is 0.279 e. The third-order valence-electron chi connectivity index (χ3n) is 5.04. The Labute approximate surface area is 200 Å². The Morgan fingerprint density at radius 2 is 1.88 bits per heavy atom. The average Bonchev–Trinajstić information content (AvgIpc) is 3.13. The van der Waals surface area contributed by atoms with Crippen LogP contribution in [0.15, 0.2) is 76.6 Å². The van der Waals surface area contributed by atoms with Gasteiger partial charge < -0.3 is 9.30 Å². The molecule has 4 aromatic rings. The molecule has 0 radical (unpaired) electrons. The number of carbonyl (C=O) groups is 1. The van der Waals surface area contributed by atoms with Gasteiger partial charge in [0, 0.05) is 24.9 Å². The minimum Gasteiger partial charge on any atom is -0.383 e. The van der Waals surface area contributed by atoms with Gasteiger partial charge in [0.05, 0.1) is 21.7 Å². The van der Waals surface area contributed by atoms with E-state index in [2.05, 4.69) is 9.71 Å². The standard InChI is InChI=1S/C24H22FN3O4S2/c1-16-6-11-21-22(14-16)33-24(28(21)12-13-32-2)26-23(29)17-4-3-5-19(15-17)27-34(30,31)20-9-7-18(25)8-10-20/h3-11,14-15,27H,12-13H2,1-2H3. The van der Waals surface area contributed by atoms with Crippen molar-refractivity contribution in [3.63, 3.8) is 0 Å². The van der Waals surface area contributed by atoms with Crippen LogP contribution in [0.2, 0.25) is 0 Å². The van der Waals surface area contributed by atoms with Crippen LogP contribution in [-0.2, 0) is 21.3 Å². The van der Waals surface area contributed by atoms with Gasteiger partial charge in [-0.3, -0.25) is 9.52 Å². The first-order chi connectivity index (χ1) is 16.3. The lowest BCUT2D eigenvalue weighted by Crippen LogP contribution is -2.19. The summed E-state index contributed by atoms with van der Waals surface area (Å²) in [5.74, 6) is -1.04. The van der Waals surface area contributed by atoms with Crippen LogP contribution in [0.1, 0.15) is 15.9 Å². The summed E-state index contributed by atoms with van der Waals surface area (Å²) in [5.41, 5.74) is 2.49. The molecule has 10 heteroatoms. The van der Waals surface area contributed by atoms with E-state index < -0.39 is 21.7 Å². The van der Waals surface area contributed by atoms with Crippen LogP contribution in [0.4, 0.5) is 10.1 Å². The second-order valence-corrected chi connectivity index (χ2v) is 10.2. The van der Waals surface area contributed by atoms with E-state index in [1.54, 1.807) is 19.2 Å². The number of ether oxygens (including phenoxy) is 1. The van der Waals surface area contributed by atoms with Gasteiger partial charge in [-0.1, -0.05) is 23.5 Å². The molecule has 176 valence electrons. The topological polar surface area (TPSA) is 89.8 Å². The Morgan fingerprint density at radius 1 is 1.12 bits per heavy atom. The Morgan fingerprint density at radius 3 is 2.62 bits per heavy atom. The van der Waals surface area contributed by atoms with Crippen molar-refractivity contribution in [2.45, 2.75) is 18.4 Å². The van der Waals surface area contributed by atoms with Crippen LogP contribution >= 0.6 is 11.3 Å². The van der Waals surface area contributed by atoms with Crippen molar-refractivity contribution in [2.75, 3.05) is 18.4 Å². The second kappa shape index (κ2) is 9.88. The molecule has 0 bridgehead atoms. The quantitative estimate of drug-likeness (QED) is 0.410. The predicted octanol–water partition coefficient (Wildman–Crippen LogP) is 4.34. The molecule has 0 fully saturated rings. The molecular formula is C24H22FN3O4S2. The maximum atomic E-state index is 13.1. The molecule has 34 heavy (non-hydrogen) atoms. The lowest BCUT2D eigenvalue weighted by Gasteiger charge is -2.09. The lowest BCUT2D eigenvalue weighted by atomic mass is 10.2. The van der Waals surface area contributed by atoms with E-state index in [4.69, 9.17) is 4.74 Å². The van der Waals surface area contributed by atoms with Crippen LogP contribution in [0.5, 0.6) is 0 Å². The van der Waals surface area contributed by atoms with E-state index in [9.17, 15) is 17.6 Å². The Kier molecular flexibility index (Phi) is 6.92. The molecule has 1 aromatic heterocycles. The van der Waals surface area contributed by atoms with Crippen molar-refractivity contribution in [1.29, 1.82) is 0 Å². The fourth-order valence-electron chi connectivity index (χ4n) is 3.36. The number of nitrogens with zero attached hydrogens (tertiary/aromatic N) is 2. The zero-order valence-electron chi connectivity index (χ0n) is 18.5. The van der Waals surface area contributed by atoms with Crippen molar-refractivity contribution in [3.05, 3.63) is 88.5 Å². The minimum absolute atomic E-state index is 0.0879. The predicted molar refractivity (Wildman–Crippen MR) is 130 cm³/mol. The number of sulfonamides is 1. The maximum absolute atomic E-state index is 13.1. The normalized spacial score (nSPS) is 12.3. The molecule has 1 heterocycles. The number of amides is 1. The van der Waals surface area contributed by atoms with Crippen LogP contribution in [0.3, 0.4) is 0 Å². The molecule has 0 spiro atoms. The molecule has 0 saturated heterocycles. The maximum Gasteiger partial charge on any atom is 0.279 e. The van der Waals surface area contributed by atoms with Crippen LogP contribution < -0.4 is 9.52 Å². The highest BCUT2D eigenvalue weighted by atomic mass is 32.2. The van der Waals surface area contributed by atoms with E-state index in [1.807, 2.05) is 29.7 Å². The van der Waals surface area contributed by atoms with Gasteiger partial charge in [-0.2, -0.15) is 4.99 Å². The molecule has 0 unspecified atom stereocenters. The molecule has 7 nitrogen and oxygen atoms in total. The third-order valence-corrected chi connectivity index (χ3v) is 7.48. The van der Waals surface area contributed by atoms with E-state index in [0.717, 1.165) is 27.9 Å². The fourth-order valence-corrected chi connectivity index (χ4v) is 5.56. The zero-order valence-corrected chi connectivity index (χ0v) is 20.1.